The van der Waals surface area contributed by atoms with Crippen molar-refractivity contribution in [2.75, 3.05) is 43.0 Å². The lowest BCUT2D eigenvalue weighted by atomic mass is 9.94. The second-order valence-corrected chi connectivity index (χ2v) is 16.4. The lowest BCUT2D eigenvalue weighted by Gasteiger charge is -2.31. The summed E-state index contributed by atoms with van der Waals surface area (Å²) in [6.07, 6.45) is 3.56. The Morgan fingerprint density at radius 3 is 2.58 bits per heavy atom. The molecule has 12 heteroatoms. The molecule has 1 saturated heterocycles. The molecule has 2 aliphatic heterocycles. The molecule has 0 aliphatic carbocycles. The van der Waals surface area contributed by atoms with Crippen molar-refractivity contribution < 1.29 is 29.0 Å². The molecule has 1 amide bonds. The standard InChI is InChI=1S/C43H47N5O6S/c1-27-30(12-8-15-35(27)53-23-20-28-10-9-21-47(24-28)26-38(49)50)31-17-18-37(45-39(31)41(52)54-43(2,3)4)48-22-19-29-11-7-13-32(33(29)25-48)40(51)46-42-44-34-14-5-6-16-36(34)55-42/h5-8,11-18,28H,9-10,19-26H2,1-4H3,(H,49,50)(H,44,46,51)/t28-/m1/s1. The summed E-state index contributed by atoms with van der Waals surface area (Å²) in [5.41, 5.74) is 5.27. The summed E-state index contributed by atoms with van der Waals surface area (Å²) >= 11 is 1.44. The SMILES string of the molecule is Cc1c(OCC[C@H]2CCCN(CC(=O)O)C2)cccc1-c1ccc(N2CCc3cccc(C(=O)Nc4nc5ccccc5s4)c3C2)nc1C(=O)OC(C)(C)C. The summed E-state index contributed by atoms with van der Waals surface area (Å²) < 4.78 is 13.2. The number of carbonyl (C=O) groups excluding carboxylic acids is 2. The number of nitrogens with one attached hydrogen (secondary N) is 1. The van der Waals surface area contributed by atoms with Gasteiger partial charge in [-0.3, -0.25) is 19.8 Å². The number of nitrogens with zero attached hydrogens (tertiary/aromatic N) is 4. The number of fused-ring (bicyclic) bond motifs is 2. The second-order valence-electron chi connectivity index (χ2n) is 15.3. The predicted molar refractivity (Wildman–Crippen MR) is 215 cm³/mol. The monoisotopic (exact) mass is 761 g/mol. The van der Waals surface area contributed by atoms with Crippen LogP contribution < -0.4 is 15.0 Å². The number of amides is 1. The summed E-state index contributed by atoms with van der Waals surface area (Å²) in [5, 5.41) is 12.8. The molecular weight excluding hydrogens is 715 g/mol. The van der Waals surface area contributed by atoms with Gasteiger partial charge in [-0.25, -0.2) is 14.8 Å². The number of rotatable bonds is 11. The number of aliphatic carboxylic acids is 1. The van der Waals surface area contributed by atoms with Crippen molar-refractivity contribution in [3.8, 4) is 16.9 Å². The smallest absolute Gasteiger partial charge is 0.358 e. The fourth-order valence-corrected chi connectivity index (χ4v) is 8.38. The molecule has 0 unspecified atom stereocenters. The normalized spacial score (nSPS) is 16.1. The summed E-state index contributed by atoms with van der Waals surface area (Å²) in [7, 11) is 0. The van der Waals surface area contributed by atoms with Crippen molar-refractivity contribution in [1.29, 1.82) is 0 Å². The molecule has 0 saturated carbocycles. The third-order valence-electron chi connectivity index (χ3n) is 10.1. The number of benzene rings is 3. The molecule has 2 aromatic heterocycles. The van der Waals surface area contributed by atoms with E-state index in [9.17, 15) is 19.5 Å². The molecule has 0 spiro atoms. The van der Waals surface area contributed by atoms with Crippen LogP contribution in [0, 0.1) is 12.8 Å². The lowest BCUT2D eigenvalue weighted by molar-refractivity contribution is -0.138. The minimum absolute atomic E-state index is 0.0698. The summed E-state index contributed by atoms with van der Waals surface area (Å²) in [6.45, 7) is 10.7. The van der Waals surface area contributed by atoms with Crippen molar-refractivity contribution in [3.63, 3.8) is 0 Å². The second kappa shape index (κ2) is 16.2. The number of para-hydroxylation sites is 1. The van der Waals surface area contributed by atoms with E-state index >= 15 is 0 Å². The van der Waals surface area contributed by atoms with Gasteiger partial charge in [-0.1, -0.05) is 47.7 Å². The highest BCUT2D eigenvalue weighted by Gasteiger charge is 2.28. The van der Waals surface area contributed by atoms with Crippen LogP contribution in [0.1, 0.15) is 77.6 Å². The number of likely N-dealkylation sites (tertiary alicyclic amines) is 1. The van der Waals surface area contributed by atoms with E-state index in [1.807, 2.05) is 99.3 Å². The highest BCUT2D eigenvalue weighted by molar-refractivity contribution is 7.22. The van der Waals surface area contributed by atoms with E-state index in [1.54, 1.807) is 0 Å². The third-order valence-corrected chi connectivity index (χ3v) is 11.1. The van der Waals surface area contributed by atoms with E-state index in [4.69, 9.17) is 14.5 Å². The van der Waals surface area contributed by atoms with Crippen molar-refractivity contribution in [1.82, 2.24) is 14.9 Å². The first-order valence-electron chi connectivity index (χ1n) is 18.9. The maximum absolute atomic E-state index is 13.9. The molecule has 1 fully saturated rings. The van der Waals surface area contributed by atoms with E-state index in [0.717, 1.165) is 70.6 Å². The predicted octanol–water partition coefficient (Wildman–Crippen LogP) is 8.00. The van der Waals surface area contributed by atoms with Crippen LogP contribution in [0.4, 0.5) is 10.9 Å². The van der Waals surface area contributed by atoms with Crippen LogP contribution >= 0.6 is 11.3 Å². The van der Waals surface area contributed by atoms with Gasteiger partial charge in [0.2, 0.25) is 0 Å². The Kier molecular flexibility index (Phi) is 11.2. The number of carboxylic acid groups (broad SMARTS) is 1. The molecule has 2 N–H and O–H groups in total. The topological polar surface area (TPSA) is 134 Å². The number of aromatic nitrogens is 2. The summed E-state index contributed by atoms with van der Waals surface area (Å²) in [4.78, 5) is 52.4. The van der Waals surface area contributed by atoms with Gasteiger partial charge in [-0.05, 0) is 124 Å². The molecular formula is C43H47N5O6S. The van der Waals surface area contributed by atoms with E-state index in [2.05, 4.69) is 21.3 Å². The Hall–Kier alpha value is -5.33. The van der Waals surface area contributed by atoms with Gasteiger partial charge >= 0.3 is 11.9 Å². The molecule has 11 nitrogen and oxygen atoms in total. The molecule has 1 atom stereocenters. The van der Waals surface area contributed by atoms with Crippen LogP contribution in [-0.4, -0.2) is 76.2 Å². The van der Waals surface area contributed by atoms with Crippen molar-refractivity contribution >= 4 is 50.3 Å². The maximum Gasteiger partial charge on any atom is 0.358 e. The Morgan fingerprint density at radius 2 is 1.78 bits per heavy atom. The zero-order valence-corrected chi connectivity index (χ0v) is 32.6. The average molecular weight is 762 g/mol. The highest BCUT2D eigenvalue weighted by atomic mass is 32.1. The zero-order chi connectivity index (χ0) is 38.7. The number of esters is 1. The molecule has 2 aliphatic rings. The molecule has 55 heavy (non-hydrogen) atoms. The van der Waals surface area contributed by atoms with Gasteiger partial charge in [0, 0.05) is 30.8 Å². The number of thiazole rings is 1. The first-order valence-corrected chi connectivity index (χ1v) is 19.7. The van der Waals surface area contributed by atoms with Crippen LogP contribution in [0.3, 0.4) is 0 Å². The Morgan fingerprint density at radius 1 is 0.964 bits per heavy atom. The van der Waals surface area contributed by atoms with Crippen molar-refractivity contribution in [2.45, 2.75) is 65.5 Å². The van der Waals surface area contributed by atoms with Gasteiger partial charge in [0.1, 0.15) is 17.2 Å². The number of pyridine rings is 1. The van der Waals surface area contributed by atoms with Gasteiger partial charge in [0.25, 0.3) is 5.91 Å². The van der Waals surface area contributed by atoms with Crippen LogP contribution in [0.5, 0.6) is 5.75 Å². The number of carboxylic acids is 1. The van der Waals surface area contributed by atoms with Crippen molar-refractivity contribution in [3.05, 3.63) is 101 Å². The largest absolute Gasteiger partial charge is 0.493 e. The van der Waals surface area contributed by atoms with Gasteiger partial charge in [0.15, 0.2) is 10.8 Å². The number of carbonyl (C=O) groups is 3. The molecule has 4 heterocycles. The third kappa shape index (κ3) is 8.98. The number of anilines is 2. The van der Waals surface area contributed by atoms with Gasteiger partial charge in [-0.15, -0.1) is 0 Å². The first kappa shape index (κ1) is 38.0. The first-order chi connectivity index (χ1) is 26.4. The van der Waals surface area contributed by atoms with Crippen LogP contribution in [0.2, 0.25) is 0 Å². The quantitative estimate of drug-likeness (QED) is 0.128. The molecule has 286 valence electrons. The number of hydrogen-bond acceptors (Lipinski definition) is 10. The summed E-state index contributed by atoms with van der Waals surface area (Å²) in [6, 6.07) is 23.3. The van der Waals surface area contributed by atoms with E-state index in [1.165, 1.54) is 11.3 Å². The molecule has 0 bridgehead atoms. The van der Waals surface area contributed by atoms with E-state index in [-0.39, 0.29) is 18.1 Å². The zero-order valence-electron chi connectivity index (χ0n) is 31.8. The Labute approximate surface area is 325 Å². The molecule has 5 aromatic rings. The fourth-order valence-electron chi connectivity index (χ4n) is 7.52. The lowest BCUT2D eigenvalue weighted by Crippen LogP contribution is -2.39. The molecule has 0 radical (unpaired) electrons. The van der Waals surface area contributed by atoms with Crippen LogP contribution in [0.15, 0.2) is 72.8 Å². The van der Waals surface area contributed by atoms with Gasteiger partial charge < -0.3 is 19.5 Å². The minimum atomic E-state index is -0.797. The summed E-state index contributed by atoms with van der Waals surface area (Å²) in [5.74, 6) is 0.177. The van der Waals surface area contributed by atoms with Gasteiger partial charge in [0.05, 0.1) is 23.4 Å². The van der Waals surface area contributed by atoms with Crippen molar-refractivity contribution in [2.24, 2.45) is 5.92 Å². The Balaban J connectivity index is 1.12. The molecule has 7 rings (SSSR count). The van der Waals surface area contributed by atoms with E-state index in [0.29, 0.717) is 54.1 Å². The van der Waals surface area contributed by atoms with E-state index < -0.39 is 17.5 Å². The number of hydrogen-bond donors (Lipinski definition) is 2. The molecule has 3 aromatic carbocycles. The number of ether oxygens (including phenoxy) is 2. The van der Waals surface area contributed by atoms with Crippen LogP contribution in [0.25, 0.3) is 21.3 Å². The fraction of sp³-hybridized carbons (Fsp3) is 0.372. The highest BCUT2D eigenvalue weighted by Crippen LogP contribution is 2.36. The average Bonchev–Trinajstić information content (AvgIpc) is 3.56. The van der Waals surface area contributed by atoms with Gasteiger partial charge in [-0.2, -0.15) is 0 Å². The number of piperidine rings is 1. The maximum atomic E-state index is 13.9. The van der Waals surface area contributed by atoms with Crippen LogP contribution in [-0.2, 0) is 22.5 Å². The Bertz CT molecular complexity index is 2200. The minimum Gasteiger partial charge on any atom is -0.493 e.